The van der Waals surface area contributed by atoms with E-state index in [9.17, 15) is 4.79 Å². The fourth-order valence-electron chi connectivity index (χ4n) is 0.919. The fourth-order valence-corrected chi connectivity index (χ4v) is 1.33. The van der Waals surface area contributed by atoms with E-state index in [0.29, 0.717) is 5.56 Å². The lowest BCUT2D eigenvalue weighted by atomic mass is 10.1. The molecule has 0 fully saturated rings. The van der Waals surface area contributed by atoms with Crippen molar-refractivity contribution in [2.75, 3.05) is 6.26 Å². The Morgan fingerprint density at radius 3 is 2.46 bits per heavy atom. The Bertz CT molecular complexity index is 314. The van der Waals surface area contributed by atoms with E-state index in [0.717, 1.165) is 17.2 Å². The summed E-state index contributed by atoms with van der Waals surface area (Å²) in [5.74, 6) is -0.185. The number of thioether (sulfide) groups is 1. The first kappa shape index (κ1) is 9.86. The third kappa shape index (κ3) is 2.63. The highest BCUT2D eigenvalue weighted by Gasteiger charge is 2.00. The molecule has 0 saturated carbocycles. The van der Waals surface area contributed by atoms with Gasteiger partial charge in [0.2, 0.25) is 0 Å². The average molecular weight is 194 g/mol. The first-order chi connectivity index (χ1) is 6.27. The molecule has 0 aliphatic rings. The number of aliphatic hydroxyl groups is 1. The lowest BCUT2D eigenvalue weighted by molar-refractivity contribution is 0.104. The average Bonchev–Trinajstić information content (AvgIpc) is 2.18. The third-order valence-corrected chi connectivity index (χ3v) is 2.34. The molecule has 0 aromatic heterocycles. The number of benzene rings is 1. The second-order valence-electron chi connectivity index (χ2n) is 2.41. The first-order valence-electron chi connectivity index (χ1n) is 3.77. The molecule has 0 saturated heterocycles. The minimum atomic E-state index is -0.185. The molecule has 0 aliphatic heterocycles. The smallest absolute Gasteiger partial charge is 0.188 e. The molecule has 3 heteroatoms. The van der Waals surface area contributed by atoms with Crippen LogP contribution in [0.15, 0.2) is 41.5 Å². The van der Waals surface area contributed by atoms with Crippen molar-refractivity contribution in [2.24, 2.45) is 0 Å². The van der Waals surface area contributed by atoms with Crippen LogP contribution >= 0.6 is 11.8 Å². The monoisotopic (exact) mass is 194 g/mol. The zero-order valence-electron chi connectivity index (χ0n) is 7.23. The van der Waals surface area contributed by atoms with Gasteiger partial charge in [-0.25, -0.2) is 0 Å². The van der Waals surface area contributed by atoms with Crippen LogP contribution in [0, 0.1) is 0 Å². The Kier molecular flexibility index (Phi) is 3.58. The summed E-state index contributed by atoms with van der Waals surface area (Å²) >= 11 is 1.62. The van der Waals surface area contributed by atoms with Gasteiger partial charge in [-0.1, -0.05) is 0 Å². The molecular weight excluding hydrogens is 184 g/mol. The number of hydrogen-bond donors (Lipinski definition) is 1. The lowest BCUT2D eigenvalue weighted by Crippen LogP contribution is -1.93. The van der Waals surface area contributed by atoms with E-state index < -0.39 is 0 Å². The van der Waals surface area contributed by atoms with Gasteiger partial charge in [-0.2, -0.15) is 0 Å². The summed E-state index contributed by atoms with van der Waals surface area (Å²) < 4.78 is 0. The van der Waals surface area contributed by atoms with E-state index in [1.807, 2.05) is 18.4 Å². The number of aliphatic hydroxyl groups excluding tert-OH is 1. The molecule has 1 N–H and O–H groups in total. The number of ketones is 1. The zero-order chi connectivity index (χ0) is 9.68. The molecule has 1 aromatic rings. The van der Waals surface area contributed by atoms with E-state index in [1.165, 1.54) is 0 Å². The van der Waals surface area contributed by atoms with Crippen LogP contribution in [-0.2, 0) is 0 Å². The van der Waals surface area contributed by atoms with Crippen molar-refractivity contribution in [1.82, 2.24) is 0 Å². The molecule has 0 bridgehead atoms. The number of allylic oxidation sites excluding steroid dienone is 1. The van der Waals surface area contributed by atoms with Crippen LogP contribution in [0.1, 0.15) is 10.4 Å². The van der Waals surface area contributed by atoms with Crippen LogP contribution in [-0.4, -0.2) is 17.1 Å². The van der Waals surface area contributed by atoms with Crippen LogP contribution in [0.2, 0.25) is 0 Å². The topological polar surface area (TPSA) is 37.3 Å². The van der Waals surface area contributed by atoms with E-state index in [2.05, 4.69) is 0 Å². The summed E-state index contributed by atoms with van der Waals surface area (Å²) in [6, 6.07) is 7.24. The quantitative estimate of drug-likeness (QED) is 0.348. The molecule has 1 rings (SSSR count). The van der Waals surface area contributed by atoms with Crippen LogP contribution < -0.4 is 0 Å². The Morgan fingerprint density at radius 1 is 1.38 bits per heavy atom. The minimum Gasteiger partial charge on any atom is -0.515 e. The molecule has 13 heavy (non-hydrogen) atoms. The minimum absolute atomic E-state index is 0.185. The maximum Gasteiger partial charge on any atom is 0.188 e. The van der Waals surface area contributed by atoms with Gasteiger partial charge in [0.25, 0.3) is 0 Å². The Balaban J connectivity index is 2.85. The van der Waals surface area contributed by atoms with E-state index in [1.54, 1.807) is 23.9 Å². The normalized spacial score (nSPS) is 10.5. The largest absolute Gasteiger partial charge is 0.515 e. The van der Waals surface area contributed by atoms with Crippen molar-refractivity contribution < 1.29 is 9.90 Å². The molecule has 0 radical (unpaired) electrons. The van der Waals surface area contributed by atoms with Gasteiger partial charge in [-0.15, -0.1) is 11.8 Å². The summed E-state index contributed by atoms with van der Waals surface area (Å²) in [6.07, 6.45) is 3.86. The van der Waals surface area contributed by atoms with Gasteiger partial charge in [0.1, 0.15) is 0 Å². The Labute approximate surface area is 81.3 Å². The maximum atomic E-state index is 11.2. The van der Waals surface area contributed by atoms with Crippen LogP contribution in [0.25, 0.3) is 0 Å². The molecule has 68 valence electrons. The van der Waals surface area contributed by atoms with Crippen molar-refractivity contribution in [3.8, 4) is 0 Å². The summed E-state index contributed by atoms with van der Waals surface area (Å²) in [5.41, 5.74) is 0.586. The van der Waals surface area contributed by atoms with Crippen molar-refractivity contribution >= 4 is 17.5 Å². The molecule has 2 nitrogen and oxygen atoms in total. The zero-order valence-corrected chi connectivity index (χ0v) is 8.04. The standard InChI is InChI=1S/C10H10O2S/c1-13-9-4-2-8(3-5-9)10(12)6-7-11/h2-7,11H,1H3. The first-order valence-corrected chi connectivity index (χ1v) is 4.99. The number of rotatable bonds is 3. The highest BCUT2D eigenvalue weighted by Crippen LogP contribution is 2.15. The van der Waals surface area contributed by atoms with Crippen molar-refractivity contribution in [3.63, 3.8) is 0 Å². The maximum absolute atomic E-state index is 11.2. The second kappa shape index (κ2) is 4.72. The molecular formula is C10H10O2S. The fraction of sp³-hybridized carbons (Fsp3) is 0.100. The second-order valence-corrected chi connectivity index (χ2v) is 3.29. The number of carbonyl (C=O) groups is 1. The molecule has 0 amide bonds. The van der Waals surface area contributed by atoms with E-state index in [-0.39, 0.29) is 5.78 Å². The molecule has 0 unspecified atom stereocenters. The summed E-state index contributed by atoms with van der Waals surface area (Å²) in [5, 5.41) is 8.39. The molecule has 0 heterocycles. The SMILES string of the molecule is CSc1ccc(C(=O)C=CO)cc1. The highest BCUT2D eigenvalue weighted by atomic mass is 32.2. The van der Waals surface area contributed by atoms with Crippen molar-refractivity contribution in [2.45, 2.75) is 4.90 Å². The van der Waals surface area contributed by atoms with Gasteiger partial charge in [-0.05, 0) is 30.5 Å². The molecule has 0 atom stereocenters. The van der Waals surface area contributed by atoms with Crippen LogP contribution in [0.5, 0.6) is 0 Å². The predicted molar refractivity (Wildman–Crippen MR) is 54.3 cm³/mol. The van der Waals surface area contributed by atoms with Crippen LogP contribution in [0.4, 0.5) is 0 Å². The molecule has 1 aromatic carbocycles. The molecule has 0 aliphatic carbocycles. The van der Waals surface area contributed by atoms with Crippen LogP contribution in [0.3, 0.4) is 0 Å². The lowest BCUT2D eigenvalue weighted by Gasteiger charge is -1.97. The van der Waals surface area contributed by atoms with Gasteiger partial charge in [0, 0.05) is 16.5 Å². The van der Waals surface area contributed by atoms with E-state index in [4.69, 9.17) is 5.11 Å². The van der Waals surface area contributed by atoms with Crippen molar-refractivity contribution in [3.05, 3.63) is 42.2 Å². The van der Waals surface area contributed by atoms with E-state index >= 15 is 0 Å². The summed E-state index contributed by atoms with van der Waals surface area (Å²) in [6.45, 7) is 0. The van der Waals surface area contributed by atoms with Gasteiger partial charge in [0.05, 0.1) is 6.26 Å². The summed E-state index contributed by atoms with van der Waals surface area (Å²) in [7, 11) is 0. The predicted octanol–water partition coefficient (Wildman–Crippen LogP) is 2.66. The van der Waals surface area contributed by atoms with Gasteiger partial charge in [0.15, 0.2) is 5.78 Å². The van der Waals surface area contributed by atoms with Gasteiger partial charge >= 0.3 is 0 Å². The Hall–Kier alpha value is -1.22. The van der Waals surface area contributed by atoms with Gasteiger partial charge in [-0.3, -0.25) is 4.79 Å². The molecule has 0 spiro atoms. The third-order valence-electron chi connectivity index (χ3n) is 1.60. The highest BCUT2D eigenvalue weighted by molar-refractivity contribution is 7.98. The van der Waals surface area contributed by atoms with Crippen molar-refractivity contribution in [1.29, 1.82) is 0 Å². The summed E-state index contributed by atoms with van der Waals surface area (Å²) in [4.78, 5) is 12.3. The number of carbonyl (C=O) groups excluding carboxylic acids is 1. The van der Waals surface area contributed by atoms with Gasteiger partial charge < -0.3 is 5.11 Å². The number of hydrogen-bond acceptors (Lipinski definition) is 3. The Morgan fingerprint density at radius 2 is 2.00 bits per heavy atom.